The van der Waals surface area contributed by atoms with Crippen LogP contribution >= 0.6 is 0 Å². The molecular formula is C33H44O5. The Balaban J connectivity index is 1.49. The van der Waals surface area contributed by atoms with Crippen LogP contribution in [0.15, 0.2) is 33.7 Å². The minimum absolute atomic E-state index is 0.0504. The van der Waals surface area contributed by atoms with Gasteiger partial charge in [-0.2, -0.15) is 0 Å². The summed E-state index contributed by atoms with van der Waals surface area (Å²) in [6, 6.07) is 4.47. The van der Waals surface area contributed by atoms with E-state index in [1.165, 1.54) is 50.5 Å². The van der Waals surface area contributed by atoms with Crippen molar-refractivity contribution in [2.45, 2.75) is 105 Å². The Morgan fingerprint density at radius 3 is 2.50 bits per heavy atom. The molecule has 4 rings (SSSR count). The maximum Gasteiger partial charge on any atom is 0.235 e. The first-order chi connectivity index (χ1) is 18.0. The number of ether oxygens (including phenoxy) is 2. The van der Waals surface area contributed by atoms with Crippen molar-refractivity contribution < 1.29 is 19.0 Å². The molecule has 206 valence electrons. The SMILES string of the molecule is Cc1c(C)c2c(c(C)c1Oc1coc3cc(O)ccc3c1=O)CC[C@](C)(CCC[C@@H](C)CCCC(C)C)O2. The summed E-state index contributed by atoms with van der Waals surface area (Å²) in [5, 5.41) is 10.1. The third-order valence-electron chi connectivity index (χ3n) is 8.38. The quantitative estimate of drug-likeness (QED) is 0.289. The average molecular weight is 521 g/mol. The predicted molar refractivity (Wildman–Crippen MR) is 154 cm³/mol. The van der Waals surface area contributed by atoms with E-state index in [9.17, 15) is 9.90 Å². The van der Waals surface area contributed by atoms with E-state index in [-0.39, 0.29) is 22.5 Å². The molecule has 0 saturated heterocycles. The van der Waals surface area contributed by atoms with Gasteiger partial charge in [-0.1, -0.05) is 46.5 Å². The molecule has 2 heterocycles. The molecule has 0 saturated carbocycles. The second kappa shape index (κ2) is 11.4. The average Bonchev–Trinajstić information content (AvgIpc) is 2.86. The molecule has 0 spiro atoms. The first-order valence-electron chi connectivity index (χ1n) is 14.2. The van der Waals surface area contributed by atoms with Crippen LogP contribution in [-0.2, 0) is 6.42 Å². The van der Waals surface area contributed by atoms with Crippen LogP contribution in [0, 0.1) is 32.6 Å². The van der Waals surface area contributed by atoms with Gasteiger partial charge in [0.05, 0.1) is 5.39 Å². The molecular weight excluding hydrogens is 476 g/mol. The Morgan fingerprint density at radius 1 is 1.03 bits per heavy atom. The highest BCUT2D eigenvalue weighted by molar-refractivity contribution is 5.79. The van der Waals surface area contributed by atoms with Gasteiger partial charge >= 0.3 is 0 Å². The summed E-state index contributed by atoms with van der Waals surface area (Å²) in [6.45, 7) is 15.4. The number of aromatic hydroxyl groups is 1. The van der Waals surface area contributed by atoms with E-state index in [4.69, 9.17) is 13.9 Å². The van der Waals surface area contributed by atoms with Gasteiger partial charge in [-0.25, -0.2) is 0 Å². The number of hydrogen-bond donors (Lipinski definition) is 1. The molecule has 5 heteroatoms. The Labute approximate surface area is 227 Å². The third kappa shape index (κ3) is 6.03. The second-order valence-corrected chi connectivity index (χ2v) is 12.1. The molecule has 5 nitrogen and oxygen atoms in total. The fraction of sp³-hybridized carbons (Fsp3) is 0.545. The van der Waals surface area contributed by atoms with E-state index in [1.807, 2.05) is 13.8 Å². The van der Waals surface area contributed by atoms with Gasteiger partial charge in [0.15, 0.2) is 0 Å². The molecule has 2 aromatic carbocycles. The lowest BCUT2D eigenvalue weighted by Gasteiger charge is -2.38. The van der Waals surface area contributed by atoms with Gasteiger partial charge in [0.2, 0.25) is 11.2 Å². The van der Waals surface area contributed by atoms with Crippen molar-refractivity contribution in [1.29, 1.82) is 0 Å². The zero-order valence-electron chi connectivity index (χ0n) is 24.2. The van der Waals surface area contributed by atoms with Gasteiger partial charge in [0.1, 0.15) is 34.7 Å². The molecule has 0 radical (unpaired) electrons. The second-order valence-electron chi connectivity index (χ2n) is 12.1. The number of hydrogen-bond acceptors (Lipinski definition) is 5. The molecule has 0 amide bonds. The summed E-state index contributed by atoms with van der Waals surface area (Å²) in [5.41, 5.74) is 4.10. The summed E-state index contributed by atoms with van der Waals surface area (Å²) >= 11 is 0. The van der Waals surface area contributed by atoms with E-state index in [2.05, 4.69) is 34.6 Å². The van der Waals surface area contributed by atoms with Crippen LogP contribution in [0.3, 0.4) is 0 Å². The number of fused-ring (bicyclic) bond motifs is 2. The number of phenols is 1. The van der Waals surface area contributed by atoms with Crippen LogP contribution in [-0.4, -0.2) is 10.7 Å². The largest absolute Gasteiger partial charge is 0.508 e. The molecule has 3 aromatic rings. The van der Waals surface area contributed by atoms with E-state index in [1.54, 1.807) is 6.07 Å². The van der Waals surface area contributed by atoms with Gasteiger partial charge in [0.25, 0.3) is 0 Å². The Kier molecular flexibility index (Phi) is 8.44. The van der Waals surface area contributed by atoms with Gasteiger partial charge in [-0.15, -0.1) is 0 Å². The van der Waals surface area contributed by atoms with Crippen molar-refractivity contribution in [3.05, 3.63) is 56.9 Å². The monoisotopic (exact) mass is 520 g/mol. The van der Waals surface area contributed by atoms with Crippen molar-refractivity contribution >= 4 is 11.0 Å². The molecule has 0 aliphatic carbocycles. The van der Waals surface area contributed by atoms with Crippen LogP contribution < -0.4 is 14.9 Å². The molecule has 0 fully saturated rings. The van der Waals surface area contributed by atoms with Gasteiger partial charge < -0.3 is 19.0 Å². The summed E-state index contributed by atoms with van der Waals surface area (Å²) < 4.78 is 18.6. The molecule has 2 atom stereocenters. The van der Waals surface area contributed by atoms with Crippen LogP contribution in [0.5, 0.6) is 23.0 Å². The number of phenolic OH excluding ortho intramolecular Hbond substituents is 1. The Morgan fingerprint density at radius 2 is 1.76 bits per heavy atom. The highest BCUT2D eigenvalue weighted by Crippen LogP contribution is 2.45. The molecule has 0 unspecified atom stereocenters. The summed E-state index contributed by atoms with van der Waals surface area (Å²) in [4.78, 5) is 13.1. The van der Waals surface area contributed by atoms with Crippen LogP contribution in [0.25, 0.3) is 11.0 Å². The lowest BCUT2D eigenvalue weighted by Crippen LogP contribution is -2.37. The zero-order chi connectivity index (χ0) is 27.6. The normalized spacial score (nSPS) is 17.9. The first-order valence-corrected chi connectivity index (χ1v) is 14.2. The first kappa shape index (κ1) is 28.1. The molecule has 1 aliphatic rings. The lowest BCUT2D eigenvalue weighted by molar-refractivity contribution is 0.0512. The van der Waals surface area contributed by atoms with Gasteiger partial charge in [-0.05, 0) is 94.0 Å². The predicted octanol–water partition coefficient (Wildman–Crippen LogP) is 8.93. The fourth-order valence-corrected chi connectivity index (χ4v) is 5.73. The zero-order valence-corrected chi connectivity index (χ0v) is 24.2. The maximum atomic E-state index is 13.1. The van der Waals surface area contributed by atoms with E-state index < -0.39 is 0 Å². The van der Waals surface area contributed by atoms with Crippen molar-refractivity contribution in [3.63, 3.8) is 0 Å². The van der Waals surface area contributed by atoms with Crippen LogP contribution in [0.2, 0.25) is 0 Å². The molecule has 1 N–H and O–H groups in total. The molecule has 1 aliphatic heterocycles. The minimum Gasteiger partial charge on any atom is -0.508 e. The van der Waals surface area contributed by atoms with E-state index >= 15 is 0 Å². The number of benzene rings is 2. The summed E-state index contributed by atoms with van der Waals surface area (Å²) in [6.07, 6.45) is 10.7. The van der Waals surface area contributed by atoms with E-state index in [0.717, 1.165) is 59.1 Å². The standard InChI is InChI=1S/C33H44O5/c1-20(2)10-8-11-21(3)12-9-16-33(7)17-15-26-24(6)31(22(4)23(5)32(26)38-33)37-29-19-36-28-18-25(34)13-14-27(28)30(29)35/h13-14,18-21,34H,8-12,15-17H2,1-7H3/t21-,33-/m0/s1. The topological polar surface area (TPSA) is 68.9 Å². The van der Waals surface area contributed by atoms with Crippen molar-refractivity contribution in [2.24, 2.45) is 11.8 Å². The Bertz CT molecular complexity index is 1350. The minimum atomic E-state index is -0.261. The fourth-order valence-electron chi connectivity index (χ4n) is 5.73. The van der Waals surface area contributed by atoms with Crippen LogP contribution in [0.4, 0.5) is 0 Å². The van der Waals surface area contributed by atoms with Crippen molar-refractivity contribution in [3.8, 4) is 23.0 Å². The highest BCUT2D eigenvalue weighted by Gasteiger charge is 2.34. The molecule has 1 aromatic heterocycles. The summed E-state index contributed by atoms with van der Waals surface area (Å²) in [5.74, 6) is 3.41. The molecule has 0 bridgehead atoms. The Hall–Kier alpha value is -2.95. The van der Waals surface area contributed by atoms with Crippen molar-refractivity contribution in [1.82, 2.24) is 0 Å². The highest BCUT2D eigenvalue weighted by atomic mass is 16.5. The number of rotatable bonds is 10. The van der Waals surface area contributed by atoms with Crippen LogP contribution in [0.1, 0.15) is 94.9 Å². The smallest absolute Gasteiger partial charge is 0.235 e. The maximum absolute atomic E-state index is 13.1. The van der Waals surface area contributed by atoms with E-state index in [0.29, 0.717) is 16.7 Å². The van der Waals surface area contributed by atoms with Gasteiger partial charge in [-0.3, -0.25) is 4.79 Å². The van der Waals surface area contributed by atoms with Gasteiger partial charge in [0, 0.05) is 11.6 Å². The van der Waals surface area contributed by atoms with Crippen molar-refractivity contribution in [2.75, 3.05) is 0 Å². The lowest BCUT2D eigenvalue weighted by atomic mass is 9.84. The third-order valence-corrected chi connectivity index (χ3v) is 8.38. The summed E-state index contributed by atoms with van der Waals surface area (Å²) in [7, 11) is 0. The molecule has 38 heavy (non-hydrogen) atoms.